The van der Waals surface area contributed by atoms with Crippen LogP contribution in [0, 0.1) is 0 Å². The lowest BCUT2D eigenvalue weighted by atomic mass is 9.97. The Kier molecular flexibility index (Phi) is 6.48. The van der Waals surface area contributed by atoms with Crippen molar-refractivity contribution in [1.82, 2.24) is 4.72 Å². The van der Waals surface area contributed by atoms with E-state index in [0.29, 0.717) is 5.75 Å². The highest BCUT2D eigenvalue weighted by Crippen LogP contribution is 2.29. The molecule has 0 radical (unpaired) electrons. The molecule has 0 atom stereocenters. The Morgan fingerprint density at radius 2 is 1.70 bits per heavy atom. The molecule has 5 heteroatoms. The largest absolute Gasteiger partial charge is 0.495 e. The Balaban J connectivity index is 2.25. The third-order valence-corrected chi connectivity index (χ3v) is 6.11. The Labute approximate surface area is 140 Å². The molecule has 1 saturated carbocycles. The molecule has 1 aromatic carbocycles. The summed E-state index contributed by atoms with van der Waals surface area (Å²) in [6, 6.07) is 5.46. The first-order chi connectivity index (χ1) is 10.9. The molecular formula is C18H29NO3S. The highest BCUT2D eigenvalue weighted by atomic mass is 32.2. The third-order valence-electron chi connectivity index (χ3n) is 4.57. The van der Waals surface area contributed by atoms with Crippen molar-refractivity contribution in [3.8, 4) is 5.75 Å². The summed E-state index contributed by atoms with van der Waals surface area (Å²) in [6.07, 6.45) is 7.70. The summed E-state index contributed by atoms with van der Waals surface area (Å²) < 4.78 is 33.9. The van der Waals surface area contributed by atoms with Gasteiger partial charge >= 0.3 is 0 Å². The van der Waals surface area contributed by atoms with E-state index in [9.17, 15) is 8.42 Å². The molecule has 0 unspecified atom stereocenters. The molecule has 0 amide bonds. The molecule has 1 aliphatic carbocycles. The van der Waals surface area contributed by atoms with Gasteiger partial charge in [0.1, 0.15) is 10.6 Å². The van der Waals surface area contributed by atoms with E-state index < -0.39 is 10.0 Å². The van der Waals surface area contributed by atoms with Gasteiger partial charge in [-0.2, -0.15) is 0 Å². The molecule has 4 nitrogen and oxygen atoms in total. The number of hydrogen-bond donors (Lipinski definition) is 1. The summed E-state index contributed by atoms with van der Waals surface area (Å²) in [4.78, 5) is 0.258. The van der Waals surface area contributed by atoms with E-state index >= 15 is 0 Å². The van der Waals surface area contributed by atoms with Crippen molar-refractivity contribution in [1.29, 1.82) is 0 Å². The lowest BCUT2D eigenvalue weighted by molar-refractivity contribution is 0.399. The molecule has 130 valence electrons. The summed E-state index contributed by atoms with van der Waals surface area (Å²) in [5.74, 6) is 0.684. The minimum atomic E-state index is -3.56. The Morgan fingerprint density at radius 3 is 2.26 bits per heavy atom. The van der Waals surface area contributed by atoms with Crippen LogP contribution in [-0.4, -0.2) is 21.6 Å². The van der Waals surface area contributed by atoms with Crippen LogP contribution in [0.25, 0.3) is 0 Å². The van der Waals surface area contributed by atoms with E-state index in [1.54, 1.807) is 12.1 Å². The number of methoxy groups -OCH3 is 1. The van der Waals surface area contributed by atoms with Crippen molar-refractivity contribution in [2.45, 2.75) is 75.6 Å². The smallest absolute Gasteiger partial charge is 0.244 e. The molecule has 23 heavy (non-hydrogen) atoms. The Hall–Kier alpha value is -1.07. The van der Waals surface area contributed by atoms with Crippen molar-refractivity contribution in [2.24, 2.45) is 0 Å². The maximum atomic E-state index is 12.9. The summed E-state index contributed by atoms with van der Waals surface area (Å²) >= 11 is 0. The van der Waals surface area contributed by atoms with Gasteiger partial charge < -0.3 is 4.74 Å². The first-order valence-electron chi connectivity index (χ1n) is 8.64. The fraction of sp³-hybridized carbons (Fsp3) is 0.667. The van der Waals surface area contributed by atoms with Crippen molar-refractivity contribution in [3.63, 3.8) is 0 Å². The van der Waals surface area contributed by atoms with E-state index in [0.717, 1.165) is 31.2 Å². The molecule has 1 aliphatic rings. The zero-order valence-corrected chi connectivity index (χ0v) is 15.3. The van der Waals surface area contributed by atoms with Gasteiger partial charge in [0.05, 0.1) is 7.11 Å². The topological polar surface area (TPSA) is 55.4 Å². The molecule has 0 bridgehead atoms. The van der Waals surface area contributed by atoms with Crippen LogP contribution in [0.3, 0.4) is 0 Å². The minimum absolute atomic E-state index is 0.0349. The second-order valence-corrected chi connectivity index (χ2v) is 8.41. The van der Waals surface area contributed by atoms with Crippen LogP contribution in [-0.2, 0) is 10.0 Å². The van der Waals surface area contributed by atoms with Crippen molar-refractivity contribution < 1.29 is 13.2 Å². The van der Waals surface area contributed by atoms with Crippen LogP contribution in [0.15, 0.2) is 23.1 Å². The van der Waals surface area contributed by atoms with Gasteiger partial charge in [-0.1, -0.05) is 52.0 Å². The number of ether oxygens (including phenoxy) is 1. The van der Waals surface area contributed by atoms with Crippen LogP contribution in [0.1, 0.15) is 70.3 Å². The second kappa shape index (κ2) is 8.15. The summed E-state index contributed by atoms with van der Waals surface area (Å²) in [7, 11) is -2.05. The predicted molar refractivity (Wildman–Crippen MR) is 93.5 cm³/mol. The summed E-state index contributed by atoms with van der Waals surface area (Å²) in [5.41, 5.74) is 1.00. The normalized spacial score (nSPS) is 17.7. The minimum Gasteiger partial charge on any atom is -0.495 e. The van der Waals surface area contributed by atoms with E-state index in [1.807, 2.05) is 6.07 Å². The molecule has 0 aromatic heterocycles. The van der Waals surface area contributed by atoms with Gasteiger partial charge in [0.2, 0.25) is 10.0 Å². The number of hydrogen-bond acceptors (Lipinski definition) is 3. The van der Waals surface area contributed by atoms with Crippen molar-refractivity contribution >= 4 is 10.0 Å². The molecule has 0 spiro atoms. The van der Waals surface area contributed by atoms with Gasteiger partial charge in [0, 0.05) is 6.04 Å². The summed E-state index contributed by atoms with van der Waals surface area (Å²) in [5, 5.41) is 0. The maximum absolute atomic E-state index is 12.9. The van der Waals surface area contributed by atoms with Gasteiger partial charge in [-0.25, -0.2) is 13.1 Å². The second-order valence-electron chi connectivity index (χ2n) is 6.73. The zero-order chi connectivity index (χ0) is 16.9. The zero-order valence-electron chi connectivity index (χ0n) is 14.5. The molecule has 1 aromatic rings. The lowest BCUT2D eigenvalue weighted by Gasteiger charge is -2.22. The van der Waals surface area contributed by atoms with Crippen LogP contribution in [0.5, 0.6) is 5.75 Å². The molecule has 0 heterocycles. The number of rotatable bonds is 5. The van der Waals surface area contributed by atoms with Gasteiger partial charge in [-0.15, -0.1) is 0 Å². The lowest BCUT2D eigenvalue weighted by Crippen LogP contribution is -2.35. The quantitative estimate of drug-likeness (QED) is 0.874. The molecular weight excluding hydrogens is 310 g/mol. The van der Waals surface area contributed by atoms with Crippen molar-refractivity contribution in [3.05, 3.63) is 23.8 Å². The highest BCUT2D eigenvalue weighted by Gasteiger charge is 2.24. The maximum Gasteiger partial charge on any atom is 0.244 e. The molecule has 0 saturated heterocycles. The Bertz CT molecular complexity index is 603. The number of nitrogens with one attached hydrogen (secondary N) is 1. The molecule has 0 aliphatic heterocycles. The van der Waals surface area contributed by atoms with Crippen LogP contribution >= 0.6 is 0 Å². The van der Waals surface area contributed by atoms with Crippen LogP contribution in [0.2, 0.25) is 0 Å². The molecule has 2 rings (SSSR count). The number of sulfonamides is 1. The van der Waals surface area contributed by atoms with Gasteiger partial charge in [-0.3, -0.25) is 0 Å². The first kappa shape index (κ1) is 18.3. The fourth-order valence-corrected chi connectivity index (χ4v) is 4.63. The van der Waals surface area contributed by atoms with Gasteiger partial charge in [-0.05, 0) is 36.5 Å². The predicted octanol–water partition coefficient (Wildman–Crippen LogP) is 4.21. The average molecular weight is 340 g/mol. The van der Waals surface area contributed by atoms with E-state index in [2.05, 4.69) is 18.6 Å². The summed E-state index contributed by atoms with van der Waals surface area (Å²) in [6.45, 7) is 4.11. The first-order valence-corrected chi connectivity index (χ1v) is 10.1. The van der Waals surface area contributed by atoms with E-state index in [1.165, 1.54) is 26.4 Å². The average Bonchev–Trinajstić information content (AvgIpc) is 2.49. The van der Waals surface area contributed by atoms with Crippen molar-refractivity contribution in [2.75, 3.05) is 7.11 Å². The van der Waals surface area contributed by atoms with E-state index in [-0.39, 0.29) is 16.9 Å². The Morgan fingerprint density at radius 1 is 1.09 bits per heavy atom. The SMILES string of the molecule is COc1ccc(C(C)C)cc1S(=O)(=O)NC1CCCCCCC1. The monoisotopic (exact) mass is 339 g/mol. The highest BCUT2D eigenvalue weighted by molar-refractivity contribution is 7.89. The van der Waals surface area contributed by atoms with E-state index in [4.69, 9.17) is 4.74 Å². The standard InChI is InChI=1S/C18H29NO3S/c1-14(2)15-11-12-17(22-3)18(13-15)23(20,21)19-16-9-7-5-4-6-8-10-16/h11-14,16,19H,4-10H2,1-3H3. The molecule has 1 fully saturated rings. The van der Waals surface area contributed by atoms with Gasteiger partial charge in [0.15, 0.2) is 0 Å². The third kappa shape index (κ3) is 4.95. The molecule has 1 N–H and O–H groups in total. The number of benzene rings is 1. The fourth-order valence-electron chi connectivity index (χ4n) is 3.12. The van der Waals surface area contributed by atoms with Gasteiger partial charge in [0.25, 0.3) is 0 Å². The van der Waals surface area contributed by atoms with Crippen LogP contribution in [0.4, 0.5) is 0 Å². The van der Waals surface area contributed by atoms with Crippen LogP contribution < -0.4 is 9.46 Å².